The lowest BCUT2D eigenvalue weighted by Crippen LogP contribution is -2.42. The molecule has 0 radical (unpaired) electrons. The Kier molecular flexibility index (Phi) is 9.61. The van der Waals surface area contributed by atoms with Gasteiger partial charge in [-0.15, -0.1) is 24.0 Å². The molecular weight excluding hydrogens is 515 g/mol. The van der Waals surface area contributed by atoms with Gasteiger partial charge in [0.15, 0.2) is 5.96 Å². The Labute approximate surface area is 207 Å². The van der Waals surface area contributed by atoms with Gasteiger partial charge in [-0.2, -0.15) is 5.10 Å². The Hall–Kier alpha value is -2.33. The van der Waals surface area contributed by atoms with Crippen LogP contribution in [0.3, 0.4) is 0 Å². The molecule has 0 spiro atoms. The highest BCUT2D eigenvalue weighted by atomic mass is 127. The summed E-state index contributed by atoms with van der Waals surface area (Å²) in [5.74, 6) is 1.84. The molecule has 1 aliphatic rings. The zero-order valence-corrected chi connectivity index (χ0v) is 20.9. The quantitative estimate of drug-likeness (QED) is 0.240. The molecule has 1 atom stereocenters. The zero-order valence-electron chi connectivity index (χ0n) is 18.6. The molecule has 3 aromatic rings. The molecule has 1 aromatic carbocycles. The van der Waals surface area contributed by atoms with E-state index in [1.807, 2.05) is 23.0 Å². The summed E-state index contributed by atoms with van der Waals surface area (Å²) in [6.45, 7) is 7.29. The number of hydrogen-bond acceptors (Lipinski definition) is 4. The Morgan fingerprint density at radius 1 is 1.12 bits per heavy atom. The number of halogens is 1. The Bertz CT molecular complexity index is 935. The first-order chi connectivity index (χ1) is 15.3. The molecule has 4 rings (SSSR count). The van der Waals surface area contributed by atoms with Crippen LogP contribution in [0.4, 0.5) is 0 Å². The van der Waals surface area contributed by atoms with Gasteiger partial charge in [-0.1, -0.05) is 24.3 Å². The second-order valence-electron chi connectivity index (χ2n) is 7.87. The maximum Gasteiger partial charge on any atom is 0.191 e. The molecule has 7 nitrogen and oxygen atoms in total. The molecule has 1 unspecified atom stereocenters. The van der Waals surface area contributed by atoms with Gasteiger partial charge in [-0.3, -0.25) is 9.58 Å². The Balaban J connectivity index is 0.00000289. The van der Waals surface area contributed by atoms with E-state index in [-0.39, 0.29) is 30.0 Å². The van der Waals surface area contributed by atoms with Crippen molar-refractivity contribution in [2.75, 3.05) is 26.2 Å². The van der Waals surface area contributed by atoms with E-state index >= 15 is 0 Å². The molecule has 172 valence electrons. The van der Waals surface area contributed by atoms with Crippen molar-refractivity contribution in [2.24, 2.45) is 4.99 Å². The van der Waals surface area contributed by atoms with Crippen LogP contribution in [0.5, 0.6) is 0 Å². The minimum Gasteiger partial charge on any atom is -0.468 e. The van der Waals surface area contributed by atoms with E-state index in [1.54, 1.807) is 12.5 Å². The summed E-state index contributed by atoms with van der Waals surface area (Å²) in [4.78, 5) is 7.32. The lowest BCUT2D eigenvalue weighted by atomic mass is 10.1. The first-order valence-corrected chi connectivity index (χ1v) is 11.2. The van der Waals surface area contributed by atoms with Gasteiger partial charge in [0.2, 0.25) is 0 Å². The topological polar surface area (TPSA) is 70.6 Å². The van der Waals surface area contributed by atoms with Crippen molar-refractivity contribution < 1.29 is 4.42 Å². The van der Waals surface area contributed by atoms with Crippen LogP contribution in [-0.2, 0) is 13.1 Å². The molecule has 32 heavy (non-hydrogen) atoms. The van der Waals surface area contributed by atoms with Crippen molar-refractivity contribution in [1.82, 2.24) is 25.3 Å². The average Bonchev–Trinajstić information content (AvgIpc) is 3.56. The van der Waals surface area contributed by atoms with Crippen molar-refractivity contribution in [2.45, 2.75) is 38.9 Å². The molecule has 0 bridgehead atoms. The highest BCUT2D eigenvalue weighted by Crippen LogP contribution is 2.24. The molecule has 1 aliphatic heterocycles. The molecule has 8 heteroatoms. The molecule has 0 aliphatic carbocycles. The monoisotopic (exact) mass is 548 g/mol. The van der Waals surface area contributed by atoms with E-state index in [2.05, 4.69) is 57.9 Å². The molecule has 1 saturated heterocycles. The number of benzene rings is 1. The average molecular weight is 548 g/mol. The van der Waals surface area contributed by atoms with Crippen LogP contribution in [0.25, 0.3) is 0 Å². The van der Waals surface area contributed by atoms with Crippen LogP contribution < -0.4 is 10.6 Å². The van der Waals surface area contributed by atoms with Crippen LogP contribution in [0.2, 0.25) is 0 Å². The highest BCUT2D eigenvalue weighted by Gasteiger charge is 2.25. The fourth-order valence-electron chi connectivity index (χ4n) is 4.06. The van der Waals surface area contributed by atoms with Gasteiger partial charge in [0.1, 0.15) is 5.76 Å². The second-order valence-corrected chi connectivity index (χ2v) is 7.87. The van der Waals surface area contributed by atoms with Crippen molar-refractivity contribution >= 4 is 29.9 Å². The summed E-state index contributed by atoms with van der Waals surface area (Å²) < 4.78 is 7.67. The number of nitrogens with one attached hydrogen (secondary N) is 2. The van der Waals surface area contributed by atoms with Gasteiger partial charge in [0.25, 0.3) is 0 Å². The van der Waals surface area contributed by atoms with Gasteiger partial charge in [-0.25, -0.2) is 4.99 Å². The molecule has 0 saturated carbocycles. The Morgan fingerprint density at radius 3 is 2.69 bits per heavy atom. The normalized spacial score (nSPS) is 15.3. The van der Waals surface area contributed by atoms with Crippen molar-refractivity contribution in [1.29, 1.82) is 0 Å². The summed E-state index contributed by atoms with van der Waals surface area (Å²) in [5, 5.41) is 11.2. The number of nitrogens with zero attached hydrogens (tertiary/aromatic N) is 4. The highest BCUT2D eigenvalue weighted by molar-refractivity contribution is 14.0. The van der Waals surface area contributed by atoms with Crippen LogP contribution in [0.15, 0.2) is 70.5 Å². The van der Waals surface area contributed by atoms with Gasteiger partial charge in [0.05, 0.1) is 25.4 Å². The molecule has 0 amide bonds. The molecule has 1 fully saturated rings. The SMILES string of the molecule is CCNC(=NCc1cccc(Cn2cccn2)c1)NCC(c1ccco1)N1CCCC1.I. The van der Waals surface area contributed by atoms with Gasteiger partial charge in [0, 0.05) is 25.5 Å². The predicted molar refractivity (Wildman–Crippen MR) is 138 cm³/mol. The van der Waals surface area contributed by atoms with E-state index < -0.39 is 0 Å². The van der Waals surface area contributed by atoms with E-state index in [0.29, 0.717) is 6.54 Å². The number of guanidine groups is 1. The van der Waals surface area contributed by atoms with Crippen molar-refractivity contribution in [3.05, 3.63) is 78.0 Å². The minimum absolute atomic E-state index is 0. The maximum absolute atomic E-state index is 5.74. The lowest BCUT2D eigenvalue weighted by Gasteiger charge is -2.26. The predicted octanol–water partition coefficient (Wildman–Crippen LogP) is 4.03. The van der Waals surface area contributed by atoms with Gasteiger partial charge in [-0.05, 0) is 62.2 Å². The molecule has 2 N–H and O–H groups in total. The van der Waals surface area contributed by atoms with Crippen LogP contribution in [-0.4, -0.2) is 46.8 Å². The number of aliphatic imine (C=N–C) groups is 1. The first kappa shape index (κ1) is 24.3. The fraction of sp³-hybridized carbons (Fsp3) is 0.417. The molecule has 2 aromatic heterocycles. The number of aromatic nitrogens is 2. The number of hydrogen-bond donors (Lipinski definition) is 2. The van der Waals surface area contributed by atoms with E-state index in [4.69, 9.17) is 9.41 Å². The summed E-state index contributed by atoms with van der Waals surface area (Å²) >= 11 is 0. The third-order valence-electron chi connectivity index (χ3n) is 5.58. The summed E-state index contributed by atoms with van der Waals surface area (Å²) in [6.07, 6.45) is 8.04. The zero-order chi connectivity index (χ0) is 21.3. The van der Waals surface area contributed by atoms with Gasteiger partial charge < -0.3 is 15.1 Å². The summed E-state index contributed by atoms with van der Waals surface area (Å²) in [6, 6.07) is 14.7. The minimum atomic E-state index is 0. The van der Waals surface area contributed by atoms with Crippen molar-refractivity contribution in [3.63, 3.8) is 0 Å². The van der Waals surface area contributed by atoms with Crippen molar-refractivity contribution in [3.8, 4) is 0 Å². The van der Waals surface area contributed by atoms with E-state index in [0.717, 1.165) is 44.4 Å². The largest absolute Gasteiger partial charge is 0.468 e. The standard InChI is InChI=1S/C24H32N6O.HI/c1-2-25-24(27-18-22(23-10-6-15-31-23)29-12-3-4-13-29)26-17-20-8-5-9-21(16-20)19-30-14-7-11-28-30;/h5-11,14-16,22H,2-4,12-13,17-19H2,1H3,(H2,25,26,27);1H. The third-order valence-corrected chi connectivity index (χ3v) is 5.58. The number of likely N-dealkylation sites (tertiary alicyclic amines) is 1. The van der Waals surface area contributed by atoms with Crippen LogP contribution >= 0.6 is 24.0 Å². The lowest BCUT2D eigenvalue weighted by molar-refractivity contribution is 0.215. The third kappa shape index (κ3) is 6.83. The van der Waals surface area contributed by atoms with E-state index in [1.165, 1.54) is 24.0 Å². The first-order valence-electron chi connectivity index (χ1n) is 11.2. The number of furan rings is 1. The van der Waals surface area contributed by atoms with E-state index in [9.17, 15) is 0 Å². The maximum atomic E-state index is 5.74. The Morgan fingerprint density at radius 2 is 1.97 bits per heavy atom. The fourth-order valence-corrected chi connectivity index (χ4v) is 4.06. The number of rotatable bonds is 9. The smallest absolute Gasteiger partial charge is 0.191 e. The van der Waals surface area contributed by atoms with Crippen LogP contribution in [0, 0.1) is 0 Å². The molecular formula is C24H33IN6O. The van der Waals surface area contributed by atoms with Gasteiger partial charge >= 0.3 is 0 Å². The summed E-state index contributed by atoms with van der Waals surface area (Å²) in [7, 11) is 0. The summed E-state index contributed by atoms with van der Waals surface area (Å²) in [5.41, 5.74) is 2.41. The second kappa shape index (κ2) is 12.6. The van der Waals surface area contributed by atoms with Crippen LogP contribution in [0.1, 0.15) is 42.7 Å². The molecule has 3 heterocycles.